The molecule has 0 aromatic heterocycles. The van der Waals surface area contributed by atoms with Crippen molar-refractivity contribution >= 4 is 17.3 Å². The van der Waals surface area contributed by atoms with Crippen LogP contribution in [-0.4, -0.2) is 42.5 Å². The fourth-order valence-electron chi connectivity index (χ4n) is 4.56. The molecule has 2 aromatic rings. The second-order valence-electron chi connectivity index (χ2n) is 8.05. The molecule has 0 radical (unpaired) electrons. The second kappa shape index (κ2) is 7.92. The fourth-order valence-corrected chi connectivity index (χ4v) is 4.56. The number of anilines is 2. The van der Waals surface area contributed by atoms with Gasteiger partial charge in [0.2, 0.25) is 0 Å². The van der Waals surface area contributed by atoms with Gasteiger partial charge in [-0.25, -0.2) is 4.39 Å². The van der Waals surface area contributed by atoms with Gasteiger partial charge in [-0.05, 0) is 75.5 Å². The van der Waals surface area contributed by atoms with Gasteiger partial charge in [0.1, 0.15) is 5.82 Å². The first-order chi connectivity index (χ1) is 13.5. The van der Waals surface area contributed by atoms with E-state index < -0.39 is 11.7 Å². The molecule has 0 bridgehead atoms. The Morgan fingerprint density at radius 1 is 1.14 bits per heavy atom. The Balaban J connectivity index is 1.43. The van der Waals surface area contributed by atoms with Gasteiger partial charge in [-0.3, -0.25) is 9.69 Å². The number of likely N-dealkylation sites (tertiary alicyclic amines) is 1. The lowest BCUT2D eigenvalue weighted by molar-refractivity contribution is 0.102. The van der Waals surface area contributed by atoms with Crippen LogP contribution in [0.25, 0.3) is 0 Å². The predicted octanol–water partition coefficient (Wildman–Crippen LogP) is 4.45. The molecule has 1 N–H and O–H groups in total. The molecule has 2 aliphatic heterocycles. The summed E-state index contributed by atoms with van der Waals surface area (Å²) >= 11 is 0. The topological polar surface area (TPSA) is 35.6 Å². The van der Waals surface area contributed by atoms with E-state index in [1.54, 1.807) is 12.1 Å². The summed E-state index contributed by atoms with van der Waals surface area (Å²) in [6.07, 6.45) is 3.83. The van der Waals surface area contributed by atoms with Crippen LogP contribution >= 0.6 is 0 Å². The van der Waals surface area contributed by atoms with Crippen molar-refractivity contribution in [1.82, 2.24) is 4.90 Å². The molecule has 0 spiro atoms. The van der Waals surface area contributed by atoms with Crippen LogP contribution in [0, 0.1) is 12.7 Å². The minimum Gasteiger partial charge on any atom is -0.370 e. The average Bonchev–Trinajstić information content (AvgIpc) is 3.32. The number of amides is 1. The van der Waals surface area contributed by atoms with Gasteiger partial charge in [0, 0.05) is 36.5 Å². The quantitative estimate of drug-likeness (QED) is 0.850. The van der Waals surface area contributed by atoms with E-state index in [9.17, 15) is 9.18 Å². The number of rotatable bonds is 4. The largest absolute Gasteiger partial charge is 0.370 e. The Labute approximate surface area is 166 Å². The van der Waals surface area contributed by atoms with Crippen molar-refractivity contribution in [2.45, 2.75) is 45.2 Å². The van der Waals surface area contributed by atoms with Crippen LogP contribution in [0.15, 0.2) is 42.5 Å². The van der Waals surface area contributed by atoms with E-state index in [0.29, 0.717) is 12.1 Å². The zero-order valence-electron chi connectivity index (χ0n) is 16.6. The summed E-state index contributed by atoms with van der Waals surface area (Å²) in [4.78, 5) is 17.5. The van der Waals surface area contributed by atoms with Crippen LogP contribution in [0.4, 0.5) is 15.8 Å². The highest BCUT2D eigenvalue weighted by molar-refractivity contribution is 6.04. The van der Waals surface area contributed by atoms with Gasteiger partial charge >= 0.3 is 0 Å². The van der Waals surface area contributed by atoms with Crippen LogP contribution in [0.1, 0.15) is 42.1 Å². The SMILES string of the molecule is Cc1cc(N2CCC(N3CCC[C@H]3C)C2)ccc1NC(=O)c1ccccc1F. The number of hydrogen-bond donors (Lipinski definition) is 1. The van der Waals surface area contributed by atoms with Crippen molar-refractivity contribution in [3.05, 3.63) is 59.4 Å². The van der Waals surface area contributed by atoms with E-state index in [2.05, 4.69) is 34.2 Å². The summed E-state index contributed by atoms with van der Waals surface area (Å²) < 4.78 is 13.8. The Kier molecular flexibility index (Phi) is 5.36. The molecule has 4 nitrogen and oxygen atoms in total. The molecule has 2 heterocycles. The van der Waals surface area contributed by atoms with E-state index in [-0.39, 0.29) is 5.56 Å². The lowest BCUT2D eigenvalue weighted by atomic mass is 10.1. The highest BCUT2D eigenvalue weighted by atomic mass is 19.1. The van der Waals surface area contributed by atoms with Gasteiger partial charge in [-0.1, -0.05) is 12.1 Å². The zero-order valence-corrected chi connectivity index (χ0v) is 16.6. The second-order valence-corrected chi connectivity index (χ2v) is 8.05. The van der Waals surface area contributed by atoms with E-state index >= 15 is 0 Å². The van der Waals surface area contributed by atoms with Gasteiger partial charge in [-0.15, -0.1) is 0 Å². The predicted molar refractivity (Wildman–Crippen MR) is 112 cm³/mol. The third-order valence-corrected chi connectivity index (χ3v) is 6.18. The molecule has 2 fully saturated rings. The van der Waals surface area contributed by atoms with Crippen LogP contribution < -0.4 is 10.2 Å². The number of benzene rings is 2. The lowest BCUT2D eigenvalue weighted by Gasteiger charge is -2.28. The molecule has 148 valence electrons. The summed E-state index contributed by atoms with van der Waals surface area (Å²) in [5.41, 5.74) is 2.96. The van der Waals surface area contributed by atoms with Crippen molar-refractivity contribution in [2.75, 3.05) is 29.9 Å². The van der Waals surface area contributed by atoms with Gasteiger partial charge < -0.3 is 10.2 Å². The van der Waals surface area contributed by atoms with Crippen LogP contribution in [0.3, 0.4) is 0 Å². The lowest BCUT2D eigenvalue weighted by Crippen LogP contribution is -2.39. The zero-order chi connectivity index (χ0) is 19.7. The summed E-state index contributed by atoms with van der Waals surface area (Å²) in [5.74, 6) is -0.924. The average molecular weight is 381 g/mol. The third-order valence-electron chi connectivity index (χ3n) is 6.18. The monoisotopic (exact) mass is 381 g/mol. The Morgan fingerprint density at radius 3 is 2.68 bits per heavy atom. The van der Waals surface area contributed by atoms with Crippen molar-refractivity contribution in [3.63, 3.8) is 0 Å². The molecule has 0 aliphatic carbocycles. The molecular formula is C23H28FN3O. The van der Waals surface area contributed by atoms with Crippen molar-refractivity contribution in [1.29, 1.82) is 0 Å². The van der Waals surface area contributed by atoms with Gasteiger partial charge in [0.15, 0.2) is 0 Å². The van der Waals surface area contributed by atoms with Gasteiger partial charge in [-0.2, -0.15) is 0 Å². The molecule has 2 saturated heterocycles. The summed E-state index contributed by atoms with van der Waals surface area (Å²) in [5, 5.41) is 2.84. The van der Waals surface area contributed by atoms with Gasteiger partial charge in [0.25, 0.3) is 5.91 Å². The molecule has 2 atom stereocenters. The first-order valence-electron chi connectivity index (χ1n) is 10.2. The summed E-state index contributed by atoms with van der Waals surface area (Å²) in [7, 11) is 0. The maximum absolute atomic E-state index is 13.8. The number of nitrogens with zero attached hydrogens (tertiary/aromatic N) is 2. The van der Waals surface area contributed by atoms with Gasteiger partial charge in [0.05, 0.1) is 5.56 Å². The summed E-state index contributed by atoms with van der Waals surface area (Å²) in [6.45, 7) is 7.67. The maximum atomic E-state index is 13.8. The molecule has 28 heavy (non-hydrogen) atoms. The first kappa shape index (κ1) is 18.9. The number of nitrogens with one attached hydrogen (secondary N) is 1. The molecular weight excluding hydrogens is 353 g/mol. The smallest absolute Gasteiger partial charge is 0.258 e. The Bertz CT molecular complexity index is 869. The Morgan fingerprint density at radius 2 is 1.96 bits per heavy atom. The maximum Gasteiger partial charge on any atom is 0.258 e. The highest BCUT2D eigenvalue weighted by Crippen LogP contribution is 2.30. The standard InChI is InChI=1S/C23H28FN3O/c1-16-14-18(26-13-11-19(15-26)27-12-5-6-17(27)2)9-10-22(16)25-23(28)20-7-3-4-8-21(20)24/h3-4,7-10,14,17,19H,5-6,11-13,15H2,1-2H3,(H,25,28)/t17-,19?/m1/s1. The van der Waals surface area contributed by atoms with Crippen molar-refractivity contribution in [2.24, 2.45) is 0 Å². The molecule has 4 rings (SSSR count). The highest BCUT2D eigenvalue weighted by Gasteiger charge is 2.33. The normalized spacial score (nSPS) is 22.6. The fraction of sp³-hybridized carbons (Fsp3) is 0.435. The van der Waals surface area contributed by atoms with Crippen LogP contribution in [0.2, 0.25) is 0 Å². The van der Waals surface area contributed by atoms with Crippen molar-refractivity contribution in [3.8, 4) is 0 Å². The molecule has 0 saturated carbocycles. The molecule has 1 amide bonds. The molecule has 2 aromatic carbocycles. The molecule has 5 heteroatoms. The van der Waals surface area contributed by atoms with E-state index in [0.717, 1.165) is 24.3 Å². The van der Waals surface area contributed by atoms with E-state index in [1.807, 2.05) is 13.0 Å². The number of carbonyl (C=O) groups excluding carboxylic acids is 1. The van der Waals surface area contributed by atoms with Crippen molar-refractivity contribution < 1.29 is 9.18 Å². The van der Waals surface area contributed by atoms with E-state index in [4.69, 9.17) is 0 Å². The van der Waals surface area contributed by atoms with Crippen LogP contribution in [-0.2, 0) is 0 Å². The van der Waals surface area contributed by atoms with E-state index in [1.165, 1.54) is 43.6 Å². The number of carbonyl (C=O) groups is 1. The van der Waals surface area contributed by atoms with Crippen LogP contribution in [0.5, 0.6) is 0 Å². The number of aryl methyl sites for hydroxylation is 1. The number of halogens is 1. The minimum absolute atomic E-state index is 0.0631. The summed E-state index contributed by atoms with van der Waals surface area (Å²) in [6, 6.07) is 13.5. The Hall–Kier alpha value is -2.40. The molecule has 2 aliphatic rings. The third kappa shape index (κ3) is 3.76. The number of hydrogen-bond acceptors (Lipinski definition) is 3. The molecule has 1 unspecified atom stereocenters. The minimum atomic E-state index is -0.506. The first-order valence-corrected chi connectivity index (χ1v) is 10.2.